The molecular weight excluding hydrogens is 302 g/mol. The Bertz CT molecular complexity index is 513. The van der Waals surface area contributed by atoms with Gasteiger partial charge in [0.25, 0.3) is 0 Å². The molecule has 0 bridgehead atoms. The lowest BCUT2D eigenvalue weighted by molar-refractivity contribution is 0.0525. The second-order valence-electron chi connectivity index (χ2n) is 7.46. The van der Waals surface area contributed by atoms with Gasteiger partial charge in [0, 0.05) is 26.2 Å². The molecule has 5 nitrogen and oxygen atoms in total. The van der Waals surface area contributed by atoms with Crippen LogP contribution in [0, 0.1) is 0 Å². The van der Waals surface area contributed by atoms with Crippen molar-refractivity contribution in [1.29, 1.82) is 0 Å². The Morgan fingerprint density at radius 1 is 1.33 bits per heavy atom. The van der Waals surface area contributed by atoms with Gasteiger partial charge in [-0.1, -0.05) is 36.8 Å². The van der Waals surface area contributed by atoms with Gasteiger partial charge < -0.3 is 15.3 Å². The van der Waals surface area contributed by atoms with E-state index in [-0.39, 0.29) is 6.03 Å². The topological polar surface area (TPSA) is 55.8 Å². The van der Waals surface area contributed by atoms with Gasteiger partial charge in [-0.2, -0.15) is 0 Å². The highest BCUT2D eigenvalue weighted by Gasteiger charge is 2.24. The number of likely N-dealkylation sites (N-methyl/N-ethyl adjacent to an activating group) is 1. The Balaban J connectivity index is 1.86. The highest BCUT2D eigenvalue weighted by molar-refractivity contribution is 5.73. The zero-order valence-corrected chi connectivity index (χ0v) is 15.2. The van der Waals surface area contributed by atoms with Gasteiger partial charge in [-0.05, 0) is 38.8 Å². The van der Waals surface area contributed by atoms with E-state index in [1.54, 1.807) is 25.8 Å². The molecule has 1 aromatic carbocycles. The molecule has 0 radical (unpaired) electrons. The highest BCUT2D eigenvalue weighted by Crippen LogP contribution is 2.19. The van der Waals surface area contributed by atoms with Gasteiger partial charge in [-0.3, -0.25) is 4.90 Å². The third kappa shape index (κ3) is 6.13. The van der Waals surface area contributed by atoms with E-state index in [9.17, 15) is 9.90 Å². The fraction of sp³-hybridized carbons (Fsp3) is 0.632. The number of urea groups is 1. The number of rotatable bonds is 6. The molecule has 0 aromatic heterocycles. The average Bonchev–Trinajstić information content (AvgIpc) is 2.53. The fourth-order valence-corrected chi connectivity index (χ4v) is 3.31. The zero-order valence-electron chi connectivity index (χ0n) is 15.2. The van der Waals surface area contributed by atoms with Crippen LogP contribution in [0.3, 0.4) is 0 Å². The van der Waals surface area contributed by atoms with Crippen molar-refractivity contribution in [2.45, 2.75) is 51.3 Å². The minimum absolute atomic E-state index is 0.123. The summed E-state index contributed by atoms with van der Waals surface area (Å²) in [5, 5.41) is 12.9. The van der Waals surface area contributed by atoms with E-state index >= 15 is 0 Å². The highest BCUT2D eigenvalue weighted by atomic mass is 16.3. The number of piperidine rings is 1. The Hall–Kier alpha value is -1.59. The molecular formula is C19H31N3O2. The van der Waals surface area contributed by atoms with E-state index < -0.39 is 5.60 Å². The van der Waals surface area contributed by atoms with Gasteiger partial charge in [0.2, 0.25) is 0 Å². The summed E-state index contributed by atoms with van der Waals surface area (Å²) in [6.07, 6.45) is 3.55. The van der Waals surface area contributed by atoms with Crippen LogP contribution in [0.4, 0.5) is 4.79 Å². The van der Waals surface area contributed by atoms with Crippen LogP contribution in [0.25, 0.3) is 0 Å². The number of hydrogen-bond donors (Lipinski definition) is 2. The average molecular weight is 333 g/mol. The summed E-state index contributed by atoms with van der Waals surface area (Å²) < 4.78 is 0. The van der Waals surface area contributed by atoms with Gasteiger partial charge >= 0.3 is 6.03 Å². The number of benzene rings is 1. The van der Waals surface area contributed by atoms with Gasteiger partial charge in [0.1, 0.15) is 0 Å². The first-order chi connectivity index (χ1) is 11.3. The van der Waals surface area contributed by atoms with Crippen molar-refractivity contribution < 1.29 is 9.90 Å². The monoisotopic (exact) mass is 333 g/mol. The van der Waals surface area contributed by atoms with Crippen LogP contribution in [0.15, 0.2) is 30.3 Å². The first kappa shape index (κ1) is 18.7. The Morgan fingerprint density at radius 2 is 2.04 bits per heavy atom. The molecule has 1 unspecified atom stereocenters. The number of carbonyl (C=O) groups is 1. The maximum atomic E-state index is 12.2. The first-order valence-corrected chi connectivity index (χ1v) is 8.84. The lowest BCUT2D eigenvalue weighted by Crippen LogP contribution is -2.50. The Labute approximate surface area is 145 Å². The third-order valence-electron chi connectivity index (χ3n) is 4.44. The molecule has 24 heavy (non-hydrogen) atoms. The maximum absolute atomic E-state index is 12.2. The van der Waals surface area contributed by atoms with Crippen LogP contribution < -0.4 is 5.32 Å². The summed E-state index contributed by atoms with van der Waals surface area (Å²) in [6, 6.07) is 10.7. The summed E-state index contributed by atoms with van der Waals surface area (Å²) in [5.41, 5.74) is 0.436. The summed E-state index contributed by atoms with van der Waals surface area (Å²) in [4.78, 5) is 16.2. The second-order valence-corrected chi connectivity index (χ2v) is 7.46. The van der Waals surface area contributed by atoms with Crippen LogP contribution in [-0.4, -0.2) is 59.3 Å². The molecule has 2 rings (SSSR count). The molecule has 0 aliphatic carbocycles. The predicted octanol–water partition coefficient (Wildman–Crippen LogP) is 2.45. The molecule has 1 aliphatic heterocycles. The van der Waals surface area contributed by atoms with Crippen molar-refractivity contribution in [3.8, 4) is 0 Å². The number of amides is 2. The van der Waals surface area contributed by atoms with Crippen LogP contribution in [-0.2, 0) is 6.54 Å². The molecule has 1 aliphatic rings. The van der Waals surface area contributed by atoms with E-state index in [1.807, 2.05) is 6.07 Å². The van der Waals surface area contributed by atoms with E-state index in [2.05, 4.69) is 34.5 Å². The Morgan fingerprint density at radius 3 is 2.71 bits per heavy atom. The molecule has 2 amide bonds. The van der Waals surface area contributed by atoms with Crippen molar-refractivity contribution >= 4 is 6.03 Å². The molecule has 1 heterocycles. The molecule has 2 N–H and O–H groups in total. The van der Waals surface area contributed by atoms with Crippen molar-refractivity contribution in [3.05, 3.63) is 35.9 Å². The summed E-state index contributed by atoms with van der Waals surface area (Å²) >= 11 is 0. The fourth-order valence-electron chi connectivity index (χ4n) is 3.31. The summed E-state index contributed by atoms with van der Waals surface area (Å²) in [7, 11) is 1.72. The van der Waals surface area contributed by atoms with E-state index in [0.717, 1.165) is 19.5 Å². The van der Waals surface area contributed by atoms with Crippen LogP contribution >= 0.6 is 0 Å². The van der Waals surface area contributed by atoms with Crippen molar-refractivity contribution in [3.63, 3.8) is 0 Å². The number of likely N-dealkylation sites (tertiary alicyclic amines) is 1. The number of nitrogens with one attached hydrogen (secondary N) is 1. The van der Waals surface area contributed by atoms with Crippen LogP contribution in [0.5, 0.6) is 0 Å². The molecule has 1 aromatic rings. The van der Waals surface area contributed by atoms with E-state index in [4.69, 9.17) is 0 Å². The number of nitrogens with zero attached hydrogens (tertiary/aromatic N) is 2. The molecule has 1 saturated heterocycles. The largest absolute Gasteiger partial charge is 0.389 e. The number of hydrogen-bond acceptors (Lipinski definition) is 3. The number of carbonyl (C=O) groups excluding carboxylic acids is 1. The minimum atomic E-state index is -0.879. The van der Waals surface area contributed by atoms with Gasteiger partial charge in [0.15, 0.2) is 0 Å². The van der Waals surface area contributed by atoms with Crippen LogP contribution in [0.1, 0.15) is 38.7 Å². The van der Waals surface area contributed by atoms with Crippen molar-refractivity contribution in [2.75, 3.05) is 26.7 Å². The SMILES string of the molecule is CN(CC(C)(C)O)C(=O)NCC1CCCCN1Cc1ccccc1. The Kier molecular flexibility index (Phi) is 6.63. The smallest absolute Gasteiger partial charge is 0.317 e. The maximum Gasteiger partial charge on any atom is 0.317 e. The van der Waals surface area contributed by atoms with Gasteiger partial charge in [-0.25, -0.2) is 4.79 Å². The molecule has 0 spiro atoms. The number of aliphatic hydroxyl groups is 1. The zero-order chi connectivity index (χ0) is 17.6. The first-order valence-electron chi connectivity index (χ1n) is 8.84. The second kappa shape index (κ2) is 8.49. The molecule has 1 fully saturated rings. The normalized spacial score (nSPS) is 19.1. The molecule has 5 heteroatoms. The lowest BCUT2D eigenvalue weighted by Gasteiger charge is -2.36. The van der Waals surface area contributed by atoms with Gasteiger partial charge in [-0.15, -0.1) is 0 Å². The lowest BCUT2D eigenvalue weighted by atomic mass is 10.0. The minimum Gasteiger partial charge on any atom is -0.389 e. The summed E-state index contributed by atoms with van der Waals surface area (Å²) in [6.45, 7) is 6.40. The molecule has 0 saturated carbocycles. The quantitative estimate of drug-likeness (QED) is 0.841. The summed E-state index contributed by atoms with van der Waals surface area (Å²) in [5.74, 6) is 0. The van der Waals surface area contributed by atoms with E-state index in [1.165, 1.54) is 18.4 Å². The van der Waals surface area contributed by atoms with Crippen LogP contribution in [0.2, 0.25) is 0 Å². The standard InChI is InChI=1S/C19H31N3O2/c1-19(2,24)15-21(3)18(23)20-13-17-11-7-8-12-22(17)14-16-9-5-4-6-10-16/h4-6,9-10,17,24H,7-8,11-15H2,1-3H3,(H,20,23). The van der Waals surface area contributed by atoms with Crippen molar-refractivity contribution in [1.82, 2.24) is 15.1 Å². The molecule has 134 valence electrons. The van der Waals surface area contributed by atoms with Crippen molar-refractivity contribution in [2.24, 2.45) is 0 Å². The molecule has 1 atom stereocenters. The predicted molar refractivity (Wildman–Crippen MR) is 96.8 cm³/mol. The van der Waals surface area contributed by atoms with E-state index in [0.29, 0.717) is 19.1 Å². The third-order valence-corrected chi connectivity index (χ3v) is 4.44. The van der Waals surface area contributed by atoms with Gasteiger partial charge in [0.05, 0.1) is 12.1 Å².